The van der Waals surface area contributed by atoms with Crippen LogP contribution < -0.4 is 5.73 Å². The summed E-state index contributed by atoms with van der Waals surface area (Å²) in [5, 5.41) is 0.157. The molecule has 0 aliphatic rings. The Kier molecular flexibility index (Phi) is 6.02. The molecule has 1 aromatic carbocycles. The van der Waals surface area contributed by atoms with Gasteiger partial charge in [-0.2, -0.15) is 0 Å². The summed E-state index contributed by atoms with van der Waals surface area (Å²) >= 11 is 5.55. The van der Waals surface area contributed by atoms with Gasteiger partial charge in [0.05, 0.1) is 0 Å². The molecule has 0 heterocycles. The summed E-state index contributed by atoms with van der Waals surface area (Å²) in [6, 6.07) is 2.71. The van der Waals surface area contributed by atoms with Gasteiger partial charge in [-0.25, -0.2) is 13.2 Å². The molecule has 0 aliphatic carbocycles. The summed E-state index contributed by atoms with van der Waals surface area (Å²) in [5.74, 6) is -0.572. The van der Waals surface area contributed by atoms with Gasteiger partial charge in [-0.15, -0.1) is 12.4 Å². The molecule has 0 saturated heterocycles. The summed E-state index contributed by atoms with van der Waals surface area (Å²) in [5.41, 5.74) is 5.72. The van der Waals surface area contributed by atoms with Crippen molar-refractivity contribution < 1.29 is 13.2 Å². The first-order valence-electron chi connectivity index (χ1n) is 3.98. The van der Waals surface area contributed by atoms with E-state index in [2.05, 4.69) is 0 Å². The van der Waals surface area contributed by atoms with Gasteiger partial charge in [0, 0.05) is 17.5 Å². The van der Waals surface area contributed by atoms with Crippen LogP contribution in [0.3, 0.4) is 0 Å². The van der Waals surface area contributed by atoms with Gasteiger partial charge in [-0.3, -0.25) is 0 Å². The fourth-order valence-electron chi connectivity index (χ4n) is 1.12. The SMILES string of the molecule is Cl.N[C@H](CC(F)F)c1cc(F)cc(Cl)c1. The Labute approximate surface area is 96.8 Å². The van der Waals surface area contributed by atoms with Crippen molar-refractivity contribution in [2.24, 2.45) is 5.73 Å². The largest absolute Gasteiger partial charge is 0.324 e. The van der Waals surface area contributed by atoms with Crippen molar-refractivity contribution in [3.8, 4) is 0 Å². The van der Waals surface area contributed by atoms with E-state index >= 15 is 0 Å². The lowest BCUT2D eigenvalue weighted by atomic mass is 10.1. The Morgan fingerprint density at radius 1 is 1.27 bits per heavy atom. The average Bonchev–Trinajstić information content (AvgIpc) is 2.00. The number of hydrogen-bond donors (Lipinski definition) is 1. The smallest absolute Gasteiger partial charge is 0.240 e. The predicted molar refractivity (Wildman–Crippen MR) is 56.2 cm³/mol. The number of alkyl halides is 2. The summed E-state index contributed by atoms with van der Waals surface area (Å²) in [4.78, 5) is 0. The molecule has 2 N–H and O–H groups in total. The molecule has 0 spiro atoms. The van der Waals surface area contributed by atoms with Crippen LogP contribution in [0.5, 0.6) is 0 Å². The second kappa shape index (κ2) is 6.20. The number of halogens is 5. The molecule has 86 valence electrons. The van der Waals surface area contributed by atoms with Crippen molar-refractivity contribution in [1.29, 1.82) is 0 Å². The monoisotopic (exact) mass is 259 g/mol. The third kappa shape index (κ3) is 4.73. The van der Waals surface area contributed by atoms with Gasteiger partial charge in [0.25, 0.3) is 0 Å². The van der Waals surface area contributed by atoms with Gasteiger partial charge in [-0.05, 0) is 23.8 Å². The number of rotatable bonds is 3. The van der Waals surface area contributed by atoms with Crippen molar-refractivity contribution in [2.75, 3.05) is 0 Å². The maximum atomic E-state index is 12.8. The van der Waals surface area contributed by atoms with Gasteiger partial charge in [-0.1, -0.05) is 11.6 Å². The molecule has 0 fully saturated rings. The van der Waals surface area contributed by atoms with Crippen molar-refractivity contribution >= 4 is 24.0 Å². The third-order valence-electron chi connectivity index (χ3n) is 1.75. The van der Waals surface area contributed by atoms with E-state index < -0.39 is 24.7 Å². The molecule has 1 nitrogen and oxygen atoms in total. The Morgan fingerprint density at radius 2 is 1.87 bits per heavy atom. The molecule has 0 aromatic heterocycles. The lowest BCUT2D eigenvalue weighted by Crippen LogP contribution is -2.14. The molecule has 15 heavy (non-hydrogen) atoms. The van der Waals surface area contributed by atoms with E-state index in [9.17, 15) is 13.2 Å². The normalized spacial score (nSPS) is 12.4. The zero-order valence-corrected chi connectivity index (χ0v) is 9.16. The van der Waals surface area contributed by atoms with E-state index in [1.165, 1.54) is 6.07 Å². The van der Waals surface area contributed by atoms with E-state index in [0.29, 0.717) is 0 Å². The van der Waals surface area contributed by atoms with E-state index in [1.54, 1.807) is 0 Å². The molecule has 1 aromatic rings. The minimum Gasteiger partial charge on any atom is -0.324 e. The first-order chi connectivity index (χ1) is 6.49. The Balaban J connectivity index is 0.00000196. The zero-order valence-electron chi connectivity index (χ0n) is 7.59. The van der Waals surface area contributed by atoms with E-state index in [-0.39, 0.29) is 23.0 Å². The topological polar surface area (TPSA) is 26.0 Å². The van der Waals surface area contributed by atoms with Crippen molar-refractivity contribution in [3.63, 3.8) is 0 Å². The molecule has 0 saturated carbocycles. The molecular formula is C9H10Cl2F3N. The van der Waals surface area contributed by atoms with E-state index in [0.717, 1.165) is 12.1 Å². The molecule has 6 heteroatoms. The molecule has 0 radical (unpaired) electrons. The van der Waals surface area contributed by atoms with Crippen LogP contribution in [0.15, 0.2) is 18.2 Å². The van der Waals surface area contributed by atoms with Crippen LogP contribution in [0, 0.1) is 5.82 Å². The first-order valence-corrected chi connectivity index (χ1v) is 4.36. The van der Waals surface area contributed by atoms with E-state index in [4.69, 9.17) is 17.3 Å². The quantitative estimate of drug-likeness (QED) is 0.883. The first kappa shape index (κ1) is 14.6. The number of benzene rings is 1. The standard InChI is InChI=1S/C9H9ClF3N.ClH/c10-6-1-5(2-7(11)3-6)8(14)4-9(12)13;/h1-3,8-9H,4,14H2;1H/t8-;/m1./s1. The summed E-state index contributed by atoms with van der Waals surface area (Å²) in [6.07, 6.45) is -3.01. The highest BCUT2D eigenvalue weighted by Crippen LogP contribution is 2.22. The van der Waals surface area contributed by atoms with Gasteiger partial charge in [0.1, 0.15) is 5.82 Å². The van der Waals surface area contributed by atoms with E-state index in [1.807, 2.05) is 0 Å². The summed E-state index contributed by atoms with van der Waals surface area (Å²) < 4.78 is 36.7. The lowest BCUT2D eigenvalue weighted by molar-refractivity contribution is 0.128. The van der Waals surface area contributed by atoms with Crippen LogP contribution in [0.4, 0.5) is 13.2 Å². The number of nitrogens with two attached hydrogens (primary N) is 1. The minimum absolute atomic E-state index is 0. The lowest BCUT2D eigenvalue weighted by Gasteiger charge is -2.11. The van der Waals surface area contributed by atoms with Gasteiger partial charge >= 0.3 is 0 Å². The minimum atomic E-state index is -2.51. The number of hydrogen-bond acceptors (Lipinski definition) is 1. The van der Waals surface area contributed by atoms with Crippen molar-refractivity contribution in [2.45, 2.75) is 18.9 Å². The molecule has 1 rings (SSSR count). The maximum Gasteiger partial charge on any atom is 0.240 e. The second-order valence-electron chi connectivity index (χ2n) is 2.94. The van der Waals surface area contributed by atoms with Crippen LogP contribution >= 0.6 is 24.0 Å². The van der Waals surface area contributed by atoms with Crippen molar-refractivity contribution in [1.82, 2.24) is 0 Å². The van der Waals surface area contributed by atoms with Gasteiger partial charge in [0.15, 0.2) is 0 Å². The molecule has 0 bridgehead atoms. The van der Waals surface area contributed by atoms with Crippen molar-refractivity contribution in [3.05, 3.63) is 34.6 Å². The zero-order chi connectivity index (χ0) is 10.7. The van der Waals surface area contributed by atoms with Crippen LogP contribution in [0.1, 0.15) is 18.0 Å². The highest BCUT2D eigenvalue weighted by Gasteiger charge is 2.14. The second-order valence-corrected chi connectivity index (χ2v) is 3.37. The average molecular weight is 260 g/mol. The fourth-order valence-corrected chi connectivity index (χ4v) is 1.35. The highest BCUT2D eigenvalue weighted by atomic mass is 35.5. The summed E-state index contributed by atoms with van der Waals surface area (Å²) in [6.45, 7) is 0. The predicted octanol–water partition coefficient (Wildman–Crippen LogP) is 3.56. The molecular weight excluding hydrogens is 250 g/mol. The Hall–Kier alpha value is -0.450. The molecule has 1 atom stereocenters. The molecule has 0 unspecified atom stereocenters. The fraction of sp³-hybridized carbons (Fsp3) is 0.333. The Morgan fingerprint density at radius 3 is 2.33 bits per heavy atom. The van der Waals surface area contributed by atoms with Gasteiger partial charge in [0.2, 0.25) is 6.43 Å². The van der Waals surface area contributed by atoms with Crippen LogP contribution in [-0.4, -0.2) is 6.43 Å². The molecule has 0 aliphatic heterocycles. The molecule has 0 amide bonds. The Bertz CT molecular complexity index is 300. The van der Waals surface area contributed by atoms with Gasteiger partial charge < -0.3 is 5.73 Å². The van der Waals surface area contributed by atoms with Crippen LogP contribution in [-0.2, 0) is 0 Å². The third-order valence-corrected chi connectivity index (χ3v) is 1.96. The van der Waals surface area contributed by atoms with Crippen LogP contribution in [0.25, 0.3) is 0 Å². The summed E-state index contributed by atoms with van der Waals surface area (Å²) in [7, 11) is 0. The van der Waals surface area contributed by atoms with Crippen LogP contribution in [0.2, 0.25) is 5.02 Å². The highest BCUT2D eigenvalue weighted by molar-refractivity contribution is 6.30. The maximum absolute atomic E-state index is 12.8.